The van der Waals surface area contributed by atoms with Crippen molar-refractivity contribution < 1.29 is 14.7 Å². The van der Waals surface area contributed by atoms with Gasteiger partial charge in [-0.25, -0.2) is 0 Å². The molecule has 2 unspecified atom stereocenters. The van der Waals surface area contributed by atoms with Crippen LogP contribution in [0.2, 0.25) is 10.0 Å². The molecule has 1 aromatic carbocycles. The van der Waals surface area contributed by atoms with Gasteiger partial charge in [0.25, 0.3) is 0 Å². The predicted octanol–water partition coefficient (Wildman–Crippen LogP) is 2.89. The van der Waals surface area contributed by atoms with Gasteiger partial charge in [0.1, 0.15) is 0 Å². The van der Waals surface area contributed by atoms with E-state index in [1.165, 1.54) is 0 Å². The van der Waals surface area contributed by atoms with Crippen LogP contribution in [0.3, 0.4) is 0 Å². The van der Waals surface area contributed by atoms with Crippen molar-refractivity contribution in [1.82, 2.24) is 5.32 Å². The molecule has 6 heteroatoms. The van der Waals surface area contributed by atoms with Crippen molar-refractivity contribution >= 4 is 35.1 Å². The average molecular weight is 302 g/mol. The SMILES string of the molecule is C[C@H](NC(=O)C1CC1C(=O)O)c1ccc(Cl)cc1Cl. The van der Waals surface area contributed by atoms with Crippen molar-refractivity contribution in [2.24, 2.45) is 11.8 Å². The van der Waals surface area contributed by atoms with E-state index in [4.69, 9.17) is 28.3 Å². The molecule has 0 aliphatic heterocycles. The highest BCUT2D eigenvalue weighted by Crippen LogP contribution is 2.39. The van der Waals surface area contributed by atoms with Crippen molar-refractivity contribution in [1.29, 1.82) is 0 Å². The van der Waals surface area contributed by atoms with Gasteiger partial charge in [-0.15, -0.1) is 0 Å². The standard InChI is InChI=1S/C13H13Cl2NO3/c1-6(8-3-2-7(14)4-11(8)15)16-12(17)9-5-10(9)13(18)19/h2-4,6,9-10H,5H2,1H3,(H,16,17)(H,18,19)/t6-,9?,10?/m0/s1. The molecule has 3 atom stereocenters. The molecule has 2 rings (SSSR count). The zero-order chi connectivity index (χ0) is 14.2. The summed E-state index contributed by atoms with van der Waals surface area (Å²) in [4.78, 5) is 22.5. The molecule has 1 aliphatic rings. The predicted molar refractivity (Wildman–Crippen MR) is 72.3 cm³/mol. The Bertz CT molecular complexity index is 533. The van der Waals surface area contributed by atoms with Crippen molar-refractivity contribution in [3.63, 3.8) is 0 Å². The summed E-state index contributed by atoms with van der Waals surface area (Å²) in [5.41, 5.74) is 0.756. The van der Waals surface area contributed by atoms with Gasteiger partial charge in [0, 0.05) is 10.0 Å². The molecule has 0 spiro atoms. The van der Waals surface area contributed by atoms with Gasteiger partial charge in [0.15, 0.2) is 0 Å². The third-order valence-electron chi connectivity index (χ3n) is 3.23. The number of carboxylic acids is 1. The fraction of sp³-hybridized carbons (Fsp3) is 0.385. The Labute approximate surface area is 120 Å². The molecule has 2 N–H and O–H groups in total. The minimum atomic E-state index is -0.919. The van der Waals surface area contributed by atoms with Crippen LogP contribution in [0.4, 0.5) is 0 Å². The number of benzene rings is 1. The van der Waals surface area contributed by atoms with Crippen molar-refractivity contribution in [2.45, 2.75) is 19.4 Å². The molecule has 102 valence electrons. The maximum atomic E-state index is 11.8. The van der Waals surface area contributed by atoms with E-state index in [0.29, 0.717) is 16.5 Å². The summed E-state index contributed by atoms with van der Waals surface area (Å²) in [7, 11) is 0. The number of halogens is 2. The third-order valence-corrected chi connectivity index (χ3v) is 3.79. The van der Waals surface area contributed by atoms with Crippen molar-refractivity contribution in [3.05, 3.63) is 33.8 Å². The zero-order valence-corrected chi connectivity index (χ0v) is 11.7. The Kier molecular flexibility index (Phi) is 4.02. The van der Waals surface area contributed by atoms with Crippen LogP contribution in [0, 0.1) is 11.8 Å². The Morgan fingerprint density at radius 2 is 2.05 bits per heavy atom. The van der Waals surface area contributed by atoms with Gasteiger partial charge in [-0.2, -0.15) is 0 Å². The molecule has 1 amide bonds. The first-order valence-electron chi connectivity index (χ1n) is 5.88. The second-order valence-electron chi connectivity index (χ2n) is 4.68. The van der Waals surface area contributed by atoms with Gasteiger partial charge in [0.05, 0.1) is 17.9 Å². The summed E-state index contributed by atoms with van der Waals surface area (Å²) in [6.07, 6.45) is 0.405. The number of carbonyl (C=O) groups excluding carboxylic acids is 1. The van der Waals surface area contributed by atoms with Crippen molar-refractivity contribution in [3.8, 4) is 0 Å². The summed E-state index contributed by atoms with van der Waals surface area (Å²) in [6.45, 7) is 1.80. The Morgan fingerprint density at radius 1 is 1.37 bits per heavy atom. The third kappa shape index (κ3) is 3.19. The van der Waals surface area contributed by atoms with Crippen LogP contribution in [0.1, 0.15) is 24.9 Å². The lowest BCUT2D eigenvalue weighted by Gasteiger charge is -2.15. The molecular weight excluding hydrogens is 289 g/mol. The lowest BCUT2D eigenvalue weighted by molar-refractivity contribution is -0.140. The number of aliphatic carboxylic acids is 1. The lowest BCUT2D eigenvalue weighted by Crippen LogP contribution is -2.29. The van der Waals surface area contributed by atoms with Gasteiger partial charge in [0.2, 0.25) is 5.91 Å². The molecule has 0 bridgehead atoms. The van der Waals surface area contributed by atoms with E-state index in [2.05, 4.69) is 5.32 Å². The number of hydrogen-bond donors (Lipinski definition) is 2. The van der Waals surface area contributed by atoms with E-state index < -0.39 is 17.8 Å². The van der Waals surface area contributed by atoms with Gasteiger partial charge in [-0.1, -0.05) is 29.3 Å². The number of rotatable bonds is 4. The van der Waals surface area contributed by atoms with Gasteiger partial charge in [-0.3, -0.25) is 9.59 Å². The highest BCUT2D eigenvalue weighted by molar-refractivity contribution is 6.35. The Balaban J connectivity index is 2.00. The molecule has 0 saturated heterocycles. The van der Waals surface area contributed by atoms with Crippen LogP contribution >= 0.6 is 23.2 Å². The fourth-order valence-electron chi connectivity index (χ4n) is 2.01. The maximum Gasteiger partial charge on any atom is 0.307 e. The van der Waals surface area contributed by atoms with Crippen LogP contribution in [0.5, 0.6) is 0 Å². The van der Waals surface area contributed by atoms with E-state index >= 15 is 0 Å². The van der Waals surface area contributed by atoms with Crippen LogP contribution in [0.25, 0.3) is 0 Å². The van der Waals surface area contributed by atoms with Crippen LogP contribution in [0.15, 0.2) is 18.2 Å². The first-order chi connectivity index (χ1) is 8.90. The molecule has 0 heterocycles. The highest BCUT2D eigenvalue weighted by Gasteiger charge is 2.48. The molecule has 0 aromatic heterocycles. The molecule has 19 heavy (non-hydrogen) atoms. The number of carboxylic acid groups (broad SMARTS) is 1. The summed E-state index contributed by atoms with van der Waals surface area (Å²) in [5, 5.41) is 12.6. The molecule has 1 saturated carbocycles. The molecular formula is C13H13Cl2NO3. The summed E-state index contributed by atoms with van der Waals surface area (Å²) in [6, 6.07) is 4.77. The van der Waals surface area contributed by atoms with E-state index in [0.717, 1.165) is 5.56 Å². The zero-order valence-electron chi connectivity index (χ0n) is 10.2. The van der Waals surface area contributed by atoms with Gasteiger partial charge >= 0.3 is 5.97 Å². The van der Waals surface area contributed by atoms with Gasteiger partial charge in [-0.05, 0) is 31.0 Å². The second kappa shape index (κ2) is 5.39. The molecule has 0 radical (unpaired) electrons. The molecule has 1 aromatic rings. The van der Waals surface area contributed by atoms with Crippen molar-refractivity contribution in [2.75, 3.05) is 0 Å². The minimum Gasteiger partial charge on any atom is -0.481 e. The van der Waals surface area contributed by atoms with E-state index in [-0.39, 0.29) is 11.9 Å². The second-order valence-corrected chi connectivity index (χ2v) is 5.53. The van der Waals surface area contributed by atoms with E-state index in [1.807, 2.05) is 0 Å². The monoisotopic (exact) mass is 301 g/mol. The largest absolute Gasteiger partial charge is 0.481 e. The maximum absolute atomic E-state index is 11.8. The fourth-order valence-corrected chi connectivity index (χ4v) is 2.58. The van der Waals surface area contributed by atoms with Gasteiger partial charge < -0.3 is 10.4 Å². The van der Waals surface area contributed by atoms with E-state index in [9.17, 15) is 9.59 Å². The quantitative estimate of drug-likeness (QED) is 0.898. The first-order valence-corrected chi connectivity index (χ1v) is 6.64. The molecule has 1 fully saturated rings. The number of hydrogen-bond acceptors (Lipinski definition) is 2. The molecule has 1 aliphatic carbocycles. The Hall–Kier alpha value is -1.26. The summed E-state index contributed by atoms with van der Waals surface area (Å²) < 4.78 is 0. The number of carbonyl (C=O) groups is 2. The Morgan fingerprint density at radius 3 is 2.58 bits per heavy atom. The highest BCUT2D eigenvalue weighted by atomic mass is 35.5. The average Bonchev–Trinajstić information content (AvgIpc) is 3.08. The van der Waals surface area contributed by atoms with Crippen LogP contribution in [-0.2, 0) is 9.59 Å². The molecule has 4 nitrogen and oxygen atoms in total. The smallest absolute Gasteiger partial charge is 0.307 e. The number of nitrogens with one attached hydrogen (secondary N) is 1. The number of amides is 1. The van der Waals surface area contributed by atoms with Crippen LogP contribution in [-0.4, -0.2) is 17.0 Å². The first kappa shape index (κ1) is 14.2. The van der Waals surface area contributed by atoms with Crippen LogP contribution < -0.4 is 5.32 Å². The normalized spacial score (nSPS) is 22.7. The lowest BCUT2D eigenvalue weighted by atomic mass is 10.1. The summed E-state index contributed by atoms with van der Waals surface area (Å²) in [5.74, 6) is -2.14. The van der Waals surface area contributed by atoms with E-state index in [1.54, 1.807) is 25.1 Å². The summed E-state index contributed by atoms with van der Waals surface area (Å²) >= 11 is 11.9. The minimum absolute atomic E-state index is 0.245. The topological polar surface area (TPSA) is 66.4 Å².